The summed E-state index contributed by atoms with van der Waals surface area (Å²) in [6.45, 7) is 1.68. The van der Waals surface area contributed by atoms with Gasteiger partial charge < -0.3 is 14.2 Å². The molecule has 8 unspecified atom stereocenters. The standard InChI is InChI=1S/C16H16F5IO9S/c1-2-6(22)11(23)29-9-5-3-4-7(12(24)30-10(4)9)8(5)13(25)31-14(15(17,18)19)16(20,21)32(26,27)28/h4-10,14H,2-3H2,1H3,(H,26,27,28). The zero-order chi connectivity index (χ0) is 24.4. The van der Waals surface area contributed by atoms with Gasteiger partial charge in [-0.1, -0.05) is 29.5 Å². The van der Waals surface area contributed by atoms with E-state index < -0.39 is 85.4 Å². The van der Waals surface area contributed by atoms with Gasteiger partial charge in [0.25, 0.3) is 6.10 Å². The average molecular weight is 606 g/mol. The van der Waals surface area contributed by atoms with Crippen molar-refractivity contribution >= 4 is 50.6 Å². The van der Waals surface area contributed by atoms with Crippen molar-refractivity contribution in [1.82, 2.24) is 0 Å². The van der Waals surface area contributed by atoms with Crippen molar-refractivity contribution < 1.29 is 63.5 Å². The predicted octanol–water partition coefficient (Wildman–Crippen LogP) is 1.87. The van der Waals surface area contributed by atoms with Crippen LogP contribution in [-0.4, -0.2) is 64.5 Å². The zero-order valence-electron chi connectivity index (χ0n) is 15.9. The number of halogens is 6. The lowest BCUT2D eigenvalue weighted by Gasteiger charge is -2.32. The fourth-order valence-electron chi connectivity index (χ4n) is 4.50. The molecule has 3 rings (SSSR count). The second-order valence-corrected chi connectivity index (χ2v) is 10.7. The summed E-state index contributed by atoms with van der Waals surface area (Å²) in [4.78, 5) is 36.9. The molecule has 3 fully saturated rings. The van der Waals surface area contributed by atoms with Crippen LogP contribution in [0.3, 0.4) is 0 Å². The first-order chi connectivity index (χ1) is 14.5. The molecular weight excluding hydrogens is 590 g/mol. The Morgan fingerprint density at radius 2 is 1.84 bits per heavy atom. The van der Waals surface area contributed by atoms with Crippen LogP contribution in [0.5, 0.6) is 0 Å². The summed E-state index contributed by atoms with van der Waals surface area (Å²) in [5.74, 6) is -8.48. The van der Waals surface area contributed by atoms with E-state index in [1.54, 1.807) is 29.5 Å². The molecule has 2 aliphatic carbocycles. The molecule has 182 valence electrons. The second-order valence-electron chi connectivity index (χ2n) is 7.69. The summed E-state index contributed by atoms with van der Waals surface area (Å²) >= 11 is 1.78. The Balaban J connectivity index is 1.89. The monoisotopic (exact) mass is 606 g/mol. The molecule has 1 heterocycles. The van der Waals surface area contributed by atoms with Gasteiger partial charge in [0, 0.05) is 11.8 Å². The van der Waals surface area contributed by atoms with Crippen LogP contribution in [0.25, 0.3) is 0 Å². The number of fused-ring (bicyclic) bond motifs is 1. The van der Waals surface area contributed by atoms with Crippen LogP contribution in [0.1, 0.15) is 19.8 Å². The Kier molecular flexibility index (Phi) is 6.47. The molecule has 0 radical (unpaired) electrons. The molecule has 1 aliphatic heterocycles. The van der Waals surface area contributed by atoms with E-state index in [2.05, 4.69) is 4.74 Å². The normalized spacial score (nSPS) is 33.6. The van der Waals surface area contributed by atoms with Crippen molar-refractivity contribution in [2.24, 2.45) is 23.7 Å². The Labute approximate surface area is 191 Å². The maximum absolute atomic E-state index is 13.8. The van der Waals surface area contributed by atoms with Gasteiger partial charge in [-0.3, -0.25) is 18.9 Å². The summed E-state index contributed by atoms with van der Waals surface area (Å²) in [5.41, 5.74) is 0. The van der Waals surface area contributed by atoms with Gasteiger partial charge in [0.1, 0.15) is 16.1 Å². The molecule has 0 aromatic heterocycles. The van der Waals surface area contributed by atoms with Crippen LogP contribution in [0.15, 0.2) is 0 Å². The average Bonchev–Trinajstić information content (AvgIpc) is 3.26. The van der Waals surface area contributed by atoms with Gasteiger partial charge in [-0.2, -0.15) is 30.4 Å². The van der Waals surface area contributed by atoms with E-state index in [9.17, 15) is 44.8 Å². The van der Waals surface area contributed by atoms with Gasteiger partial charge in [0.15, 0.2) is 0 Å². The van der Waals surface area contributed by atoms with E-state index in [1.807, 2.05) is 0 Å². The number of rotatable bonds is 7. The highest BCUT2D eigenvalue weighted by molar-refractivity contribution is 14.1. The molecule has 1 N–H and O–H groups in total. The number of carbonyl (C=O) groups is 3. The van der Waals surface area contributed by atoms with Gasteiger partial charge in [-0.15, -0.1) is 0 Å². The molecule has 2 saturated carbocycles. The lowest BCUT2D eigenvalue weighted by molar-refractivity contribution is -0.262. The largest absolute Gasteiger partial charge is 0.458 e. The smallest absolute Gasteiger partial charge is 0.432 e. The number of alkyl halides is 6. The van der Waals surface area contributed by atoms with Crippen LogP contribution in [0.4, 0.5) is 22.0 Å². The fraction of sp³-hybridized carbons (Fsp3) is 0.812. The minimum Gasteiger partial charge on any atom is -0.458 e. The van der Waals surface area contributed by atoms with Gasteiger partial charge >= 0.3 is 39.5 Å². The molecule has 8 atom stereocenters. The number of carbonyl (C=O) groups excluding carboxylic acids is 3. The highest BCUT2D eigenvalue weighted by Crippen LogP contribution is 2.59. The number of esters is 3. The van der Waals surface area contributed by atoms with E-state index in [1.165, 1.54) is 0 Å². The first-order valence-electron chi connectivity index (χ1n) is 9.19. The van der Waals surface area contributed by atoms with Crippen molar-refractivity contribution in [2.45, 2.75) is 53.4 Å². The summed E-state index contributed by atoms with van der Waals surface area (Å²) in [6.07, 6.45) is -12.4. The van der Waals surface area contributed by atoms with E-state index in [-0.39, 0.29) is 6.42 Å². The molecule has 0 spiro atoms. The van der Waals surface area contributed by atoms with Gasteiger partial charge in [-0.25, -0.2) is 0 Å². The van der Waals surface area contributed by atoms with Crippen LogP contribution in [-0.2, 0) is 38.7 Å². The molecule has 0 aromatic carbocycles. The minimum atomic E-state index is -6.62. The molecule has 1 saturated heterocycles. The molecular formula is C16H16F5IO9S. The highest BCUT2D eigenvalue weighted by Gasteiger charge is 2.72. The highest BCUT2D eigenvalue weighted by atomic mass is 127. The summed E-state index contributed by atoms with van der Waals surface area (Å²) in [6, 6.07) is 0. The van der Waals surface area contributed by atoms with Crippen LogP contribution in [0.2, 0.25) is 0 Å². The van der Waals surface area contributed by atoms with Crippen LogP contribution >= 0.6 is 22.6 Å². The third-order valence-corrected chi connectivity index (χ3v) is 8.16. The zero-order valence-corrected chi connectivity index (χ0v) is 18.9. The maximum atomic E-state index is 13.8. The minimum absolute atomic E-state index is 0.0161. The lowest BCUT2D eigenvalue weighted by atomic mass is 9.78. The van der Waals surface area contributed by atoms with Crippen molar-refractivity contribution in [3.63, 3.8) is 0 Å². The molecule has 3 aliphatic rings. The number of ether oxygens (including phenoxy) is 3. The Morgan fingerprint density at radius 1 is 1.25 bits per heavy atom. The van der Waals surface area contributed by atoms with Crippen LogP contribution in [0, 0.1) is 23.7 Å². The Morgan fingerprint density at radius 3 is 2.34 bits per heavy atom. The predicted molar refractivity (Wildman–Crippen MR) is 98.9 cm³/mol. The third kappa shape index (κ3) is 4.05. The van der Waals surface area contributed by atoms with Gasteiger partial charge in [-0.05, 0) is 12.8 Å². The van der Waals surface area contributed by atoms with Crippen LogP contribution < -0.4 is 0 Å². The van der Waals surface area contributed by atoms with Crippen molar-refractivity contribution in [1.29, 1.82) is 0 Å². The lowest BCUT2D eigenvalue weighted by Crippen LogP contribution is -2.54. The summed E-state index contributed by atoms with van der Waals surface area (Å²) in [5, 5.41) is -5.90. The van der Waals surface area contributed by atoms with E-state index >= 15 is 0 Å². The number of hydrogen-bond acceptors (Lipinski definition) is 8. The Hall–Kier alpha value is -1.30. The van der Waals surface area contributed by atoms with Gasteiger partial charge in [0.05, 0.1) is 11.8 Å². The maximum Gasteiger partial charge on any atom is 0.432 e. The number of hydrogen-bond donors (Lipinski definition) is 1. The van der Waals surface area contributed by atoms with Crippen molar-refractivity contribution in [3.05, 3.63) is 0 Å². The first-order valence-corrected chi connectivity index (χ1v) is 11.9. The first kappa shape index (κ1) is 25.3. The van der Waals surface area contributed by atoms with Gasteiger partial charge in [0.2, 0.25) is 0 Å². The SMILES string of the molecule is CCC(I)C(=O)OC1C2CC3C1OC(=O)C3C2C(=O)OC(C(F)(F)F)C(F)(F)S(=O)(=O)O. The molecule has 0 amide bonds. The Bertz CT molecular complexity index is 923. The van der Waals surface area contributed by atoms with Crippen molar-refractivity contribution in [3.8, 4) is 0 Å². The quantitative estimate of drug-likeness (QED) is 0.115. The van der Waals surface area contributed by atoms with Crippen molar-refractivity contribution in [2.75, 3.05) is 0 Å². The van der Waals surface area contributed by atoms with E-state index in [0.29, 0.717) is 6.42 Å². The topological polar surface area (TPSA) is 133 Å². The fourth-order valence-corrected chi connectivity index (χ4v) is 5.10. The molecule has 2 bridgehead atoms. The van der Waals surface area contributed by atoms with E-state index in [0.717, 1.165) is 0 Å². The summed E-state index contributed by atoms with van der Waals surface area (Å²) < 4.78 is 111. The summed E-state index contributed by atoms with van der Waals surface area (Å²) in [7, 11) is -6.62. The molecule has 9 nitrogen and oxygen atoms in total. The third-order valence-electron chi connectivity index (χ3n) is 5.86. The molecule has 16 heteroatoms. The molecule has 0 aromatic rings. The van der Waals surface area contributed by atoms with E-state index in [4.69, 9.17) is 14.0 Å². The second kappa shape index (κ2) is 8.18. The molecule has 32 heavy (non-hydrogen) atoms.